The highest BCUT2D eigenvalue weighted by Crippen LogP contribution is 2.48. The molecule has 2 nitrogen and oxygen atoms in total. The highest BCUT2D eigenvalue weighted by Gasteiger charge is 2.41. The molecular formula is C10H21NO. The standard InChI is InChI=1S/C10H21NO/c1-9(2)7-12-8-10(3-4-10)5-6-11/h9H,3-8,11H2,1-2H3. The molecule has 0 saturated heterocycles. The fraction of sp³-hybridized carbons (Fsp3) is 1.00. The van der Waals surface area contributed by atoms with Crippen LogP contribution in [0.2, 0.25) is 0 Å². The van der Waals surface area contributed by atoms with E-state index in [1.807, 2.05) is 0 Å². The van der Waals surface area contributed by atoms with Gasteiger partial charge in [-0.15, -0.1) is 0 Å². The lowest BCUT2D eigenvalue weighted by Crippen LogP contribution is -2.17. The summed E-state index contributed by atoms with van der Waals surface area (Å²) >= 11 is 0. The van der Waals surface area contributed by atoms with Crippen LogP contribution in [0.3, 0.4) is 0 Å². The highest BCUT2D eigenvalue weighted by molar-refractivity contribution is 4.92. The fourth-order valence-electron chi connectivity index (χ4n) is 1.46. The van der Waals surface area contributed by atoms with Crippen LogP contribution in [0.25, 0.3) is 0 Å². The fourth-order valence-corrected chi connectivity index (χ4v) is 1.46. The van der Waals surface area contributed by atoms with Gasteiger partial charge < -0.3 is 10.5 Å². The van der Waals surface area contributed by atoms with Gasteiger partial charge in [-0.25, -0.2) is 0 Å². The molecule has 1 fully saturated rings. The van der Waals surface area contributed by atoms with Crippen LogP contribution in [-0.2, 0) is 4.74 Å². The van der Waals surface area contributed by atoms with Gasteiger partial charge >= 0.3 is 0 Å². The molecule has 0 unspecified atom stereocenters. The minimum Gasteiger partial charge on any atom is -0.381 e. The normalized spacial score (nSPS) is 20.0. The summed E-state index contributed by atoms with van der Waals surface area (Å²) in [5, 5.41) is 0. The lowest BCUT2D eigenvalue weighted by molar-refractivity contribution is 0.0691. The summed E-state index contributed by atoms with van der Waals surface area (Å²) in [6.45, 7) is 7.00. The maximum absolute atomic E-state index is 5.62. The number of ether oxygens (including phenoxy) is 1. The molecule has 12 heavy (non-hydrogen) atoms. The van der Waals surface area contributed by atoms with Crippen LogP contribution in [0.15, 0.2) is 0 Å². The topological polar surface area (TPSA) is 35.2 Å². The van der Waals surface area contributed by atoms with Gasteiger partial charge in [0.15, 0.2) is 0 Å². The molecule has 0 aliphatic heterocycles. The van der Waals surface area contributed by atoms with E-state index in [-0.39, 0.29) is 0 Å². The van der Waals surface area contributed by atoms with E-state index >= 15 is 0 Å². The third-order valence-electron chi connectivity index (χ3n) is 2.49. The third kappa shape index (κ3) is 3.11. The second-order valence-electron chi connectivity index (χ2n) is 4.45. The maximum Gasteiger partial charge on any atom is 0.0523 e. The molecule has 72 valence electrons. The maximum atomic E-state index is 5.62. The van der Waals surface area contributed by atoms with Crippen LogP contribution < -0.4 is 5.73 Å². The molecule has 0 spiro atoms. The van der Waals surface area contributed by atoms with Crippen LogP contribution in [0.1, 0.15) is 33.1 Å². The van der Waals surface area contributed by atoms with Crippen molar-refractivity contribution in [2.75, 3.05) is 19.8 Å². The number of hydrogen-bond acceptors (Lipinski definition) is 2. The largest absolute Gasteiger partial charge is 0.381 e. The van der Waals surface area contributed by atoms with Gasteiger partial charge in [-0.3, -0.25) is 0 Å². The minimum atomic E-state index is 0.490. The van der Waals surface area contributed by atoms with Crippen molar-refractivity contribution in [2.45, 2.75) is 33.1 Å². The van der Waals surface area contributed by atoms with E-state index in [1.54, 1.807) is 0 Å². The second kappa shape index (κ2) is 4.24. The molecule has 0 aromatic carbocycles. The Bertz CT molecular complexity index is 130. The van der Waals surface area contributed by atoms with Crippen LogP contribution >= 0.6 is 0 Å². The Morgan fingerprint density at radius 3 is 2.50 bits per heavy atom. The zero-order chi connectivity index (χ0) is 9.03. The summed E-state index contributed by atoms with van der Waals surface area (Å²) in [5.74, 6) is 0.652. The van der Waals surface area contributed by atoms with Crippen molar-refractivity contribution >= 4 is 0 Å². The zero-order valence-corrected chi connectivity index (χ0v) is 8.31. The summed E-state index contributed by atoms with van der Waals surface area (Å²) in [7, 11) is 0. The van der Waals surface area contributed by atoms with E-state index < -0.39 is 0 Å². The van der Waals surface area contributed by atoms with Gasteiger partial charge in [0.2, 0.25) is 0 Å². The van der Waals surface area contributed by atoms with Gasteiger partial charge in [0, 0.05) is 6.61 Å². The van der Waals surface area contributed by atoms with Crippen molar-refractivity contribution in [3.63, 3.8) is 0 Å². The van der Waals surface area contributed by atoms with E-state index in [2.05, 4.69) is 13.8 Å². The number of hydrogen-bond donors (Lipinski definition) is 1. The Balaban J connectivity index is 2.06. The first-order valence-electron chi connectivity index (χ1n) is 4.96. The molecule has 1 rings (SSSR count). The smallest absolute Gasteiger partial charge is 0.0523 e. The van der Waals surface area contributed by atoms with Gasteiger partial charge in [-0.1, -0.05) is 13.8 Å². The summed E-state index contributed by atoms with van der Waals surface area (Å²) < 4.78 is 5.62. The lowest BCUT2D eigenvalue weighted by atomic mass is 10.0. The van der Waals surface area contributed by atoms with Gasteiger partial charge in [0.1, 0.15) is 0 Å². The first kappa shape index (κ1) is 10.0. The molecule has 0 amide bonds. The average Bonchev–Trinajstić information content (AvgIpc) is 2.69. The molecule has 2 N–H and O–H groups in total. The Labute approximate surface area is 75.5 Å². The van der Waals surface area contributed by atoms with E-state index in [0.29, 0.717) is 11.3 Å². The molecule has 0 aromatic rings. The van der Waals surface area contributed by atoms with Crippen molar-refractivity contribution in [3.8, 4) is 0 Å². The Hall–Kier alpha value is -0.0800. The first-order chi connectivity index (χ1) is 5.68. The van der Waals surface area contributed by atoms with E-state index in [1.165, 1.54) is 12.8 Å². The third-order valence-corrected chi connectivity index (χ3v) is 2.49. The van der Waals surface area contributed by atoms with Gasteiger partial charge in [-0.05, 0) is 37.1 Å². The molecule has 0 heterocycles. The molecule has 1 saturated carbocycles. The molecule has 0 atom stereocenters. The minimum absolute atomic E-state index is 0.490. The number of rotatable bonds is 6. The molecular weight excluding hydrogens is 150 g/mol. The van der Waals surface area contributed by atoms with Crippen molar-refractivity contribution in [3.05, 3.63) is 0 Å². The molecule has 0 radical (unpaired) electrons. The Morgan fingerprint density at radius 2 is 2.08 bits per heavy atom. The monoisotopic (exact) mass is 171 g/mol. The van der Waals surface area contributed by atoms with Crippen molar-refractivity contribution in [1.29, 1.82) is 0 Å². The van der Waals surface area contributed by atoms with Crippen LogP contribution in [0.5, 0.6) is 0 Å². The Kier molecular flexibility index (Phi) is 3.53. The van der Waals surface area contributed by atoms with E-state index in [0.717, 1.165) is 26.2 Å². The predicted octanol–water partition coefficient (Wildman–Crippen LogP) is 1.79. The van der Waals surface area contributed by atoms with Gasteiger partial charge in [0.25, 0.3) is 0 Å². The second-order valence-corrected chi connectivity index (χ2v) is 4.45. The summed E-state index contributed by atoms with van der Waals surface area (Å²) in [4.78, 5) is 0. The van der Waals surface area contributed by atoms with Gasteiger partial charge in [0.05, 0.1) is 6.61 Å². The SMILES string of the molecule is CC(C)COCC1(CCN)CC1. The molecule has 0 bridgehead atoms. The zero-order valence-electron chi connectivity index (χ0n) is 8.31. The molecule has 1 aliphatic rings. The van der Waals surface area contributed by atoms with E-state index in [9.17, 15) is 0 Å². The molecule has 1 aliphatic carbocycles. The Morgan fingerprint density at radius 1 is 1.42 bits per heavy atom. The van der Waals surface area contributed by atoms with Crippen molar-refractivity contribution < 1.29 is 4.74 Å². The van der Waals surface area contributed by atoms with Crippen molar-refractivity contribution in [1.82, 2.24) is 0 Å². The predicted molar refractivity (Wildman–Crippen MR) is 51.0 cm³/mol. The van der Waals surface area contributed by atoms with E-state index in [4.69, 9.17) is 10.5 Å². The molecule has 2 heteroatoms. The summed E-state index contributed by atoms with van der Waals surface area (Å²) in [6, 6.07) is 0. The highest BCUT2D eigenvalue weighted by atomic mass is 16.5. The first-order valence-corrected chi connectivity index (χ1v) is 4.96. The summed E-state index contributed by atoms with van der Waals surface area (Å²) in [5.41, 5.74) is 6.02. The van der Waals surface area contributed by atoms with Crippen LogP contribution in [-0.4, -0.2) is 19.8 Å². The summed E-state index contributed by atoms with van der Waals surface area (Å²) in [6.07, 6.45) is 3.79. The van der Waals surface area contributed by atoms with Crippen molar-refractivity contribution in [2.24, 2.45) is 17.1 Å². The van der Waals surface area contributed by atoms with Crippen LogP contribution in [0, 0.1) is 11.3 Å². The average molecular weight is 171 g/mol. The lowest BCUT2D eigenvalue weighted by Gasteiger charge is -2.15. The number of nitrogens with two attached hydrogens (primary N) is 1. The van der Waals surface area contributed by atoms with Gasteiger partial charge in [-0.2, -0.15) is 0 Å². The van der Waals surface area contributed by atoms with Crippen LogP contribution in [0.4, 0.5) is 0 Å². The molecule has 0 aromatic heterocycles. The quantitative estimate of drug-likeness (QED) is 0.661.